The maximum atomic E-state index is 9.18. The van der Waals surface area contributed by atoms with Crippen molar-refractivity contribution in [2.24, 2.45) is 0 Å². The highest BCUT2D eigenvalue weighted by atomic mass is 16.5. The quantitative estimate of drug-likeness (QED) is 0.732. The molecule has 1 fully saturated rings. The average Bonchev–Trinajstić information content (AvgIpc) is 2.08. The average molecular weight is 229 g/mol. The van der Waals surface area contributed by atoms with Crippen LogP contribution in [0.1, 0.15) is 47.0 Å². The van der Waals surface area contributed by atoms with Crippen molar-refractivity contribution < 1.29 is 9.84 Å². The predicted molar refractivity (Wildman–Crippen MR) is 66.6 cm³/mol. The fourth-order valence-electron chi connectivity index (χ4n) is 2.53. The van der Waals surface area contributed by atoms with Crippen LogP contribution in [0.4, 0.5) is 0 Å². The fourth-order valence-corrected chi connectivity index (χ4v) is 2.53. The van der Waals surface area contributed by atoms with Gasteiger partial charge < -0.3 is 9.84 Å². The molecule has 3 nitrogen and oxygen atoms in total. The number of hydrogen-bond donors (Lipinski definition) is 1. The lowest BCUT2D eigenvalue weighted by Crippen LogP contribution is -2.51. The molecular weight excluding hydrogens is 202 g/mol. The molecule has 0 radical (unpaired) electrons. The Morgan fingerprint density at radius 1 is 1.44 bits per heavy atom. The SMILES string of the molecule is CC(O)CCCCN1CC(C)OC(C)(C)C1. The predicted octanol–water partition coefficient (Wildman–Crippen LogP) is 2.04. The molecule has 0 aromatic carbocycles. The number of rotatable bonds is 5. The summed E-state index contributed by atoms with van der Waals surface area (Å²) in [6.45, 7) is 11.5. The second-order valence-corrected chi connectivity index (χ2v) is 5.77. The van der Waals surface area contributed by atoms with Gasteiger partial charge in [-0.3, -0.25) is 4.90 Å². The molecule has 0 spiro atoms. The van der Waals surface area contributed by atoms with E-state index in [9.17, 15) is 5.11 Å². The first-order valence-electron chi connectivity index (χ1n) is 6.47. The van der Waals surface area contributed by atoms with Crippen LogP contribution < -0.4 is 0 Å². The van der Waals surface area contributed by atoms with E-state index in [4.69, 9.17) is 4.74 Å². The van der Waals surface area contributed by atoms with Gasteiger partial charge in [0.2, 0.25) is 0 Å². The van der Waals surface area contributed by atoms with E-state index in [1.165, 1.54) is 6.42 Å². The van der Waals surface area contributed by atoms with E-state index in [0.717, 1.165) is 32.5 Å². The highest BCUT2D eigenvalue weighted by Crippen LogP contribution is 2.21. The summed E-state index contributed by atoms with van der Waals surface area (Å²) in [5.74, 6) is 0. The van der Waals surface area contributed by atoms with E-state index < -0.39 is 0 Å². The topological polar surface area (TPSA) is 32.7 Å². The number of ether oxygens (including phenoxy) is 1. The lowest BCUT2D eigenvalue weighted by atomic mass is 10.0. The van der Waals surface area contributed by atoms with Crippen LogP contribution in [0.5, 0.6) is 0 Å². The first-order valence-corrected chi connectivity index (χ1v) is 6.47. The maximum Gasteiger partial charge on any atom is 0.0757 e. The van der Waals surface area contributed by atoms with Gasteiger partial charge in [-0.05, 0) is 53.5 Å². The van der Waals surface area contributed by atoms with Crippen LogP contribution >= 0.6 is 0 Å². The van der Waals surface area contributed by atoms with Crippen molar-refractivity contribution >= 4 is 0 Å². The van der Waals surface area contributed by atoms with Gasteiger partial charge in [-0.2, -0.15) is 0 Å². The van der Waals surface area contributed by atoms with Crippen molar-refractivity contribution in [2.45, 2.75) is 64.8 Å². The van der Waals surface area contributed by atoms with Crippen molar-refractivity contribution in [2.75, 3.05) is 19.6 Å². The Balaban J connectivity index is 2.21. The number of aliphatic hydroxyl groups is 1. The van der Waals surface area contributed by atoms with Crippen LogP contribution in [0, 0.1) is 0 Å². The van der Waals surface area contributed by atoms with Gasteiger partial charge in [0.15, 0.2) is 0 Å². The molecule has 0 saturated carbocycles. The standard InChI is InChI=1S/C13H27NO2/c1-11(15)7-5-6-8-14-9-12(2)16-13(3,4)10-14/h11-12,15H,5-10H2,1-4H3. The van der Waals surface area contributed by atoms with Crippen LogP contribution in [0.15, 0.2) is 0 Å². The largest absolute Gasteiger partial charge is 0.393 e. The van der Waals surface area contributed by atoms with Crippen LogP contribution in [0.25, 0.3) is 0 Å². The molecule has 0 aromatic rings. The van der Waals surface area contributed by atoms with Gasteiger partial charge in [0.1, 0.15) is 0 Å². The Bertz CT molecular complexity index is 204. The number of unbranched alkanes of at least 4 members (excludes halogenated alkanes) is 1. The number of aliphatic hydroxyl groups excluding tert-OH is 1. The van der Waals surface area contributed by atoms with Gasteiger partial charge in [-0.25, -0.2) is 0 Å². The van der Waals surface area contributed by atoms with Gasteiger partial charge in [0.25, 0.3) is 0 Å². The van der Waals surface area contributed by atoms with E-state index in [-0.39, 0.29) is 11.7 Å². The zero-order valence-corrected chi connectivity index (χ0v) is 11.2. The molecule has 1 aliphatic heterocycles. The third-order valence-electron chi connectivity index (χ3n) is 2.99. The van der Waals surface area contributed by atoms with Gasteiger partial charge in [-0.1, -0.05) is 0 Å². The Morgan fingerprint density at radius 3 is 2.69 bits per heavy atom. The first-order chi connectivity index (χ1) is 7.39. The van der Waals surface area contributed by atoms with Crippen LogP contribution in [0.2, 0.25) is 0 Å². The zero-order chi connectivity index (χ0) is 12.2. The summed E-state index contributed by atoms with van der Waals surface area (Å²) in [6, 6.07) is 0. The van der Waals surface area contributed by atoms with Crippen molar-refractivity contribution in [1.29, 1.82) is 0 Å². The molecule has 1 rings (SSSR count). The molecule has 0 amide bonds. The molecular formula is C13H27NO2. The Labute approximate surface area is 99.8 Å². The monoisotopic (exact) mass is 229 g/mol. The molecule has 16 heavy (non-hydrogen) atoms. The summed E-state index contributed by atoms with van der Waals surface area (Å²) >= 11 is 0. The fraction of sp³-hybridized carbons (Fsp3) is 1.00. The van der Waals surface area contributed by atoms with E-state index in [0.29, 0.717) is 6.10 Å². The van der Waals surface area contributed by atoms with Crippen molar-refractivity contribution in [3.63, 3.8) is 0 Å². The first kappa shape index (κ1) is 13.9. The number of hydrogen-bond acceptors (Lipinski definition) is 3. The van der Waals surface area contributed by atoms with Gasteiger partial charge in [-0.15, -0.1) is 0 Å². The summed E-state index contributed by atoms with van der Waals surface area (Å²) in [5, 5.41) is 9.18. The lowest BCUT2D eigenvalue weighted by molar-refractivity contribution is -0.128. The molecule has 2 atom stereocenters. The number of morpholine rings is 1. The number of nitrogens with zero attached hydrogens (tertiary/aromatic N) is 1. The van der Waals surface area contributed by atoms with Gasteiger partial charge >= 0.3 is 0 Å². The molecule has 1 N–H and O–H groups in total. The van der Waals surface area contributed by atoms with Crippen LogP contribution in [-0.2, 0) is 4.74 Å². The molecule has 1 saturated heterocycles. The van der Waals surface area contributed by atoms with E-state index in [1.807, 2.05) is 6.92 Å². The third kappa shape index (κ3) is 5.28. The minimum Gasteiger partial charge on any atom is -0.393 e. The molecule has 2 unspecified atom stereocenters. The van der Waals surface area contributed by atoms with Crippen molar-refractivity contribution in [3.8, 4) is 0 Å². The third-order valence-corrected chi connectivity index (χ3v) is 2.99. The molecule has 96 valence electrons. The minimum atomic E-state index is -0.153. The smallest absolute Gasteiger partial charge is 0.0757 e. The molecule has 0 aliphatic carbocycles. The highest BCUT2D eigenvalue weighted by molar-refractivity contribution is 4.82. The normalized spacial score (nSPS) is 27.9. The van der Waals surface area contributed by atoms with Crippen molar-refractivity contribution in [3.05, 3.63) is 0 Å². The summed E-state index contributed by atoms with van der Waals surface area (Å²) in [5.41, 5.74) is -0.0120. The summed E-state index contributed by atoms with van der Waals surface area (Å²) in [4.78, 5) is 2.48. The van der Waals surface area contributed by atoms with Crippen LogP contribution in [-0.4, -0.2) is 47.4 Å². The van der Waals surface area contributed by atoms with Gasteiger partial charge in [0, 0.05) is 13.1 Å². The summed E-state index contributed by atoms with van der Waals surface area (Å²) in [7, 11) is 0. The molecule has 0 bridgehead atoms. The Kier molecular flexibility index (Phi) is 5.22. The second-order valence-electron chi connectivity index (χ2n) is 5.77. The Morgan fingerprint density at radius 2 is 2.12 bits per heavy atom. The van der Waals surface area contributed by atoms with E-state index in [2.05, 4.69) is 25.7 Å². The molecule has 1 heterocycles. The summed E-state index contributed by atoms with van der Waals surface area (Å²) in [6.07, 6.45) is 3.39. The second kappa shape index (κ2) is 5.99. The summed E-state index contributed by atoms with van der Waals surface area (Å²) < 4.78 is 5.87. The zero-order valence-electron chi connectivity index (χ0n) is 11.2. The lowest BCUT2D eigenvalue weighted by Gasteiger charge is -2.41. The molecule has 1 aliphatic rings. The minimum absolute atomic E-state index is 0.0120. The molecule has 3 heteroatoms. The maximum absolute atomic E-state index is 9.18. The molecule has 0 aromatic heterocycles. The van der Waals surface area contributed by atoms with Crippen LogP contribution in [0.3, 0.4) is 0 Å². The van der Waals surface area contributed by atoms with E-state index in [1.54, 1.807) is 0 Å². The van der Waals surface area contributed by atoms with Gasteiger partial charge in [0.05, 0.1) is 17.8 Å². The highest BCUT2D eigenvalue weighted by Gasteiger charge is 2.30. The van der Waals surface area contributed by atoms with E-state index >= 15 is 0 Å². The van der Waals surface area contributed by atoms with Crippen molar-refractivity contribution in [1.82, 2.24) is 4.90 Å². The Hall–Kier alpha value is -0.120.